The molecule has 0 aliphatic carbocycles. The average Bonchev–Trinajstić information content (AvgIpc) is 2.79. The molecule has 2 nitrogen and oxygen atoms in total. The van der Waals surface area contributed by atoms with Crippen molar-refractivity contribution in [3.8, 4) is 0 Å². The molecule has 0 aromatic heterocycles. The maximum atomic E-state index is 5.57. The smallest absolute Gasteiger partial charge is 0.0994 e. The van der Waals surface area contributed by atoms with Crippen LogP contribution in [0.25, 0.3) is 0 Å². The standard InChI is InChI=1S/C15H21NO/c1-2-3-7-10-16-13-17-12-15(16)11-14-8-5-4-6-9-14/h2,4-6,8-9,15H,1,3,7,10-13H2. The number of benzene rings is 1. The van der Waals surface area contributed by atoms with Gasteiger partial charge < -0.3 is 4.74 Å². The normalized spacial score (nSPS) is 20.6. The van der Waals surface area contributed by atoms with Gasteiger partial charge in [0.25, 0.3) is 0 Å². The largest absolute Gasteiger partial charge is 0.364 e. The van der Waals surface area contributed by atoms with Gasteiger partial charge in [-0.3, -0.25) is 4.90 Å². The Morgan fingerprint density at radius 1 is 1.35 bits per heavy atom. The van der Waals surface area contributed by atoms with Crippen molar-refractivity contribution in [2.24, 2.45) is 0 Å². The minimum atomic E-state index is 0.544. The van der Waals surface area contributed by atoms with E-state index in [1.165, 1.54) is 12.0 Å². The van der Waals surface area contributed by atoms with Gasteiger partial charge in [0.15, 0.2) is 0 Å². The summed E-state index contributed by atoms with van der Waals surface area (Å²) in [6, 6.07) is 11.2. The summed E-state index contributed by atoms with van der Waals surface area (Å²) in [5.41, 5.74) is 1.40. The summed E-state index contributed by atoms with van der Waals surface area (Å²) >= 11 is 0. The third kappa shape index (κ3) is 3.69. The number of allylic oxidation sites excluding steroid dienone is 1. The predicted octanol–water partition coefficient (Wildman–Crippen LogP) is 2.85. The molecule has 1 aliphatic heterocycles. The highest BCUT2D eigenvalue weighted by atomic mass is 16.5. The fraction of sp³-hybridized carbons (Fsp3) is 0.467. The lowest BCUT2D eigenvalue weighted by Gasteiger charge is -2.21. The first kappa shape index (κ1) is 12.3. The summed E-state index contributed by atoms with van der Waals surface area (Å²) in [4.78, 5) is 2.44. The first-order valence-corrected chi connectivity index (χ1v) is 6.37. The van der Waals surface area contributed by atoms with E-state index in [1.807, 2.05) is 6.08 Å². The fourth-order valence-corrected chi connectivity index (χ4v) is 2.28. The minimum Gasteiger partial charge on any atom is -0.364 e. The van der Waals surface area contributed by atoms with Crippen molar-refractivity contribution >= 4 is 0 Å². The van der Waals surface area contributed by atoms with Gasteiger partial charge in [-0.05, 0) is 24.8 Å². The molecule has 0 N–H and O–H groups in total. The van der Waals surface area contributed by atoms with E-state index in [-0.39, 0.29) is 0 Å². The van der Waals surface area contributed by atoms with Gasteiger partial charge in [0.1, 0.15) is 0 Å². The molecule has 92 valence electrons. The molecule has 0 amide bonds. The Bertz CT molecular complexity index is 336. The second-order valence-corrected chi connectivity index (χ2v) is 4.59. The third-order valence-corrected chi connectivity index (χ3v) is 3.25. The van der Waals surface area contributed by atoms with E-state index in [4.69, 9.17) is 4.74 Å². The number of hydrogen-bond donors (Lipinski definition) is 0. The summed E-state index contributed by atoms with van der Waals surface area (Å²) in [7, 11) is 0. The van der Waals surface area contributed by atoms with Crippen LogP contribution in [-0.4, -0.2) is 30.8 Å². The third-order valence-electron chi connectivity index (χ3n) is 3.25. The van der Waals surface area contributed by atoms with Crippen LogP contribution in [-0.2, 0) is 11.2 Å². The first-order valence-electron chi connectivity index (χ1n) is 6.37. The highest BCUT2D eigenvalue weighted by molar-refractivity contribution is 5.16. The molecular formula is C15H21NO. The summed E-state index contributed by atoms with van der Waals surface area (Å²) in [5.74, 6) is 0. The van der Waals surface area contributed by atoms with E-state index < -0.39 is 0 Å². The summed E-state index contributed by atoms with van der Waals surface area (Å²) in [6.45, 7) is 6.53. The van der Waals surface area contributed by atoms with Gasteiger partial charge in [-0.1, -0.05) is 36.4 Å². The number of hydrogen-bond acceptors (Lipinski definition) is 2. The van der Waals surface area contributed by atoms with Gasteiger partial charge in [0, 0.05) is 12.6 Å². The maximum Gasteiger partial charge on any atom is 0.0994 e. The van der Waals surface area contributed by atoms with Crippen LogP contribution in [0.15, 0.2) is 43.0 Å². The van der Waals surface area contributed by atoms with Crippen molar-refractivity contribution in [1.29, 1.82) is 0 Å². The van der Waals surface area contributed by atoms with Crippen molar-refractivity contribution in [2.75, 3.05) is 19.9 Å². The molecule has 2 heteroatoms. The van der Waals surface area contributed by atoms with Crippen LogP contribution in [0.2, 0.25) is 0 Å². The Morgan fingerprint density at radius 3 is 2.94 bits per heavy atom. The van der Waals surface area contributed by atoms with Crippen LogP contribution in [0.3, 0.4) is 0 Å². The first-order chi connectivity index (χ1) is 8.40. The summed E-state index contributed by atoms with van der Waals surface area (Å²) < 4.78 is 5.57. The van der Waals surface area contributed by atoms with Crippen LogP contribution in [0.5, 0.6) is 0 Å². The minimum absolute atomic E-state index is 0.544. The van der Waals surface area contributed by atoms with Crippen molar-refractivity contribution in [3.05, 3.63) is 48.6 Å². The number of ether oxygens (including phenoxy) is 1. The molecule has 0 bridgehead atoms. The molecule has 1 fully saturated rings. The molecule has 0 saturated carbocycles. The average molecular weight is 231 g/mol. The Balaban J connectivity index is 1.84. The molecule has 1 atom stereocenters. The molecule has 1 aromatic carbocycles. The molecule has 2 rings (SSSR count). The lowest BCUT2D eigenvalue weighted by atomic mass is 10.1. The van der Waals surface area contributed by atoms with Gasteiger partial charge in [-0.15, -0.1) is 6.58 Å². The fourth-order valence-electron chi connectivity index (χ4n) is 2.28. The zero-order valence-corrected chi connectivity index (χ0v) is 10.3. The maximum absolute atomic E-state index is 5.57. The summed E-state index contributed by atoms with van der Waals surface area (Å²) in [5, 5.41) is 0. The van der Waals surface area contributed by atoms with Crippen LogP contribution < -0.4 is 0 Å². The molecular weight excluding hydrogens is 210 g/mol. The highest BCUT2D eigenvalue weighted by Crippen LogP contribution is 2.15. The van der Waals surface area contributed by atoms with Gasteiger partial charge in [0.2, 0.25) is 0 Å². The molecule has 0 radical (unpaired) electrons. The Morgan fingerprint density at radius 2 is 2.18 bits per heavy atom. The topological polar surface area (TPSA) is 12.5 Å². The highest BCUT2D eigenvalue weighted by Gasteiger charge is 2.24. The number of unbranched alkanes of at least 4 members (excludes halogenated alkanes) is 1. The van der Waals surface area contributed by atoms with E-state index in [1.54, 1.807) is 0 Å². The Labute approximate surface area is 104 Å². The molecule has 1 heterocycles. The van der Waals surface area contributed by atoms with Crippen molar-refractivity contribution in [3.63, 3.8) is 0 Å². The van der Waals surface area contributed by atoms with Crippen molar-refractivity contribution < 1.29 is 4.74 Å². The molecule has 1 aliphatic rings. The van der Waals surface area contributed by atoms with E-state index in [0.29, 0.717) is 6.04 Å². The van der Waals surface area contributed by atoms with E-state index in [2.05, 4.69) is 41.8 Å². The molecule has 17 heavy (non-hydrogen) atoms. The second-order valence-electron chi connectivity index (χ2n) is 4.59. The van der Waals surface area contributed by atoms with E-state index >= 15 is 0 Å². The Kier molecular flexibility index (Phi) is 4.77. The van der Waals surface area contributed by atoms with Crippen molar-refractivity contribution in [1.82, 2.24) is 4.90 Å². The monoisotopic (exact) mass is 231 g/mol. The molecule has 1 aromatic rings. The zero-order chi connectivity index (χ0) is 11.9. The van der Waals surface area contributed by atoms with E-state index in [9.17, 15) is 0 Å². The predicted molar refractivity (Wildman–Crippen MR) is 70.9 cm³/mol. The number of nitrogens with zero attached hydrogens (tertiary/aromatic N) is 1. The van der Waals surface area contributed by atoms with Crippen LogP contribution >= 0.6 is 0 Å². The Hall–Kier alpha value is -1.12. The second kappa shape index (κ2) is 6.58. The lowest BCUT2D eigenvalue weighted by Crippen LogP contribution is -2.33. The van der Waals surface area contributed by atoms with Gasteiger partial charge in [-0.25, -0.2) is 0 Å². The quantitative estimate of drug-likeness (QED) is 0.551. The molecule has 1 saturated heterocycles. The SMILES string of the molecule is C=CCCCN1COCC1Cc1ccccc1. The van der Waals surface area contributed by atoms with Gasteiger partial charge in [0.05, 0.1) is 13.3 Å². The lowest BCUT2D eigenvalue weighted by molar-refractivity contribution is 0.137. The van der Waals surface area contributed by atoms with E-state index in [0.717, 1.165) is 32.7 Å². The van der Waals surface area contributed by atoms with Crippen LogP contribution in [0, 0.1) is 0 Å². The van der Waals surface area contributed by atoms with Gasteiger partial charge >= 0.3 is 0 Å². The van der Waals surface area contributed by atoms with Crippen LogP contribution in [0.4, 0.5) is 0 Å². The molecule has 1 unspecified atom stereocenters. The van der Waals surface area contributed by atoms with Crippen LogP contribution in [0.1, 0.15) is 18.4 Å². The zero-order valence-electron chi connectivity index (χ0n) is 10.3. The summed E-state index contributed by atoms with van der Waals surface area (Å²) in [6.07, 6.45) is 5.35. The number of rotatable bonds is 6. The molecule has 0 spiro atoms. The van der Waals surface area contributed by atoms with Gasteiger partial charge in [-0.2, -0.15) is 0 Å². The van der Waals surface area contributed by atoms with Crippen molar-refractivity contribution in [2.45, 2.75) is 25.3 Å².